The van der Waals surface area contributed by atoms with Gasteiger partial charge in [0, 0.05) is 16.8 Å². The molecule has 3 rings (SSSR count). The number of hydrogen-bond acceptors (Lipinski definition) is 7. The number of aromatic nitrogens is 1. The number of benzene rings is 1. The van der Waals surface area contributed by atoms with Gasteiger partial charge in [-0.2, -0.15) is 0 Å². The van der Waals surface area contributed by atoms with Crippen molar-refractivity contribution in [2.24, 2.45) is 5.92 Å². The van der Waals surface area contributed by atoms with Gasteiger partial charge in [0.25, 0.3) is 5.91 Å². The zero-order chi connectivity index (χ0) is 20.3. The van der Waals surface area contributed by atoms with Crippen molar-refractivity contribution in [3.63, 3.8) is 0 Å². The van der Waals surface area contributed by atoms with E-state index < -0.39 is 5.63 Å². The van der Waals surface area contributed by atoms with Crippen LogP contribution in [-0.2, 0) is 4.79 Å². The van der Waals surface area contributed by atoms with Crippen LogP contribution in [0, 0.1) is 12.8 Å². The monoisotopic (exact) mass is 402 g/mol. The van der Waals surface area contributed by atoms with Crippen molar-refractivity contribution in [1.29, 1.82) is 0 Å². The molecule has 1 atom stereocenters. The normalized spacial score (nSPS) is 12.3. The molecule has 0 saturated carbocycles. The summed E-state index contributed by atoms with van der Waals surface area (Å²) >= 11 is 1.47. The van der Waals surface area contributed by atoms with Gasteiger partial charge in [0.05, 0.1) is 28.9 Å². The molecule has 2 aromatic heterocycles. The summed E-state index contributed by atoms with van der Waals surface area (Å²) in [6.45, 7) is 5.37. The largest absolute Gasteiger partial charge is 0.484 e. The Balaban J connectivity index is 1.74. The Morgan fingerprint density at radius 1 is 1.36 bits per heavy atom. The quantitative estimate of drug-likeness (QED) is 0.589. The highest BCUT2D eigenvalue weighted by atomic mass is 32.1. The van der Waals surface area contributed by atoms with Crippen molar-refractivity contribution in [3.05, 3.63) is 45.1 Å². The first-order valence-electron chi connectivity index (χ1n) is 8.91. The first kappa shape index (κ1) is 20.0. The average Bonchev–Trinajstić information content (AvgIpc) is 3.09. The van der Waals surface area contributed by atoms with E-state index in [1.165, 1.54) is 11.3 Å². The number of aliphatic hydroxyl groups is 1. The molecule has 0 aliphatic rings. The van der Waals surface area contributed by atoms with Crippen molar-refractivity contribution in [2.45, 2.75) is 26.8 Å². The Bertz CT molecular complexity index is 1040. The summed E-state index contributed by atoms with van der Waals surface area (Å²) in [5, 5.41) is 15.4. The summed E-state index contributed by atoms with van der Waals surface area (Å²) < 4.78 is 10.9. The molecule has 0 aliphatic carbocycles. The SMILES string of the molecule is Cc1nc(-c2cc3ccc(OCC(=O)NC(CO)C(C)C)cc3oc2=O)cs1. The van der Waals surface area contributed by atoms with Crippen LogP contribution in [0.5, 0.6) is 5.75 Å². The van der Waals surface area contributed by atoms with Gasteiger partial charge in [-0.3, -0.25) is 4.79 Å². The molecule has 1 unspecified atom stereocenters. The zero-order valence-electron chi connectivity index (χ0n) is 15.9. The van der Waals surface area contributed by atoms with Gasteiger partial charge in [0.15, 0.2) is 6.61 Å². The van der Waals surface area contributed by atoms with Gasteiger partial charge in [-0.05, 0) is 31.0 Å². The number of carbonyl (C=O) groups excluding carboxylic acids is 1. The highest BCUT2D eigenvalue weighted by Crippen LogP contribution is 2.25. The van der Waals surface area contributed by atoms with E-state index in [-0.39, 0.29) is 31.1 Å². The Labute approximate surface area is 166 Å². The topological polar surface area (TPSA) is 102 Å². The van der Waals surface area contributed by atoms with Crippen molar-refractivity contribution in [1.82, 2.24) is 10.3 Å². The van der Waals surface area contributed by atoms with Crippen LogP contribution < -0.4 is 15.7 Å². The number of rotatable bonds is 7. The number of hydrogen-bond donors (Lipinski definition) is 2. The van der Waals surface area contributed by atoms with Gasteiger partial charge < -0.3 is 19.6 Å². The number of amides is 1. The van der Waals surface area contributed by atoms with E-state index in [4.69, 9.17) is 9.15 Å². The van der Waals surface area contributed by atoms with Crippen LogP contribution >= 0.6 is 11.3 Å². The second-order valence-electron chi connectivity index (χ2n) is 6.79. The van der Waals surface area contributed by atoms with Crippen LogP contribution in [-0.4, -0.2) is 35.3 Å². The van der Waals surface area contributed by atoms with E-state index in [0.717, 1.165) is 10.4 Å². The van der Waals surface area contributed by atoms with E-state index in [1.54, 1.807) is 24.3 Å². The molecule has 0 saturated heterocycles. The first-order valence-corrected chi connectivity index (χ1v) is 9.78. The summed E-state index contributed by atoms with van der Waals surface area (Å²) in [6, 6.07) is 6.46. The molecule has 0 aliphatic heterocycles. The van der Waals surface area contributed by atoms with E-state index >= 15 is 0 Å². The van der Waals surface area contributed by atoms with E-state index in [9.17, 15) is 14.7 Å². The van der Waals surface area contributed by atoms with Crippen LogP contribution in [0.3, 0.4) is 0 Å². The number of carbonyl (C=O) groups is 1. The van der Waals surface area contributed by atoms with Gasteiger partial charge in [-0.1, -0.05) is 13.8 Å². The highest BCUT2D eigenvalue weighted by Gasteiger charge is 2.16. The number of fused-ring (bicyclic) bond motifs is 1. The maximum atomic E-state index is 12.3. The zero-order valence-corrected chi connectivity index (χ0v) is 16.7. The molecule has 7 nitrogen and oxygen atoms in total. The summed E-state index contributed by atoms with van der Waals surface area (Å²) in [5.74, 6) is 0.191. The van der Waals surface area contributed by atoms with Gasteiger partial charge in [-0.25, -0.2) is 9.78 Å². The number of nitrogens with one attached hydrogen (secondary N) is 1. The molecule has 1 amide bonds. The lowest BCUT2D eigenvalue weighted by atomic mass is 10.1. The van der Waals surface area contributed by atoms with Gasteiger partial charge in [-0.15, -0.1) is 11.3 Å². The Kier molecular flexibility index (Phi) is 6.11. The lowest BCUT2D eigenvalue weighted by molar-refractivity contribution is -0.124. The standard InChI is InChI=1S/C20H22N2O5S/c1-11(2)16(8-23)22-19(24)9-26-14-5-4-13-6-15(17-10-28-12(3)21-17)20(25)27-18(13)7-14/h4-7,10-11,16,23H,8-9H2,1-3H3,(H,22,24). The van der Waals surface area contributed by atoms with Crippen molar-refractivity contribution in [2.75, 3.05) is 13.2 Å². The lowest BCUT2D eigenvalue weighted by Gasteiger charge is -2.19. The number of aliphatic hydroxyl groups excluding tert-OH is 1. The summed E-state index contributed by atoms with van der Waals surface area (Å²) in [5.41, 5.74) is 0.900. The minimum absolute atomic E-state index is 0.111. The first-order chi connectivity index (χ1) is 13.4. The van der Waals surface area contributed by atoms with E-state index in [0.29, 0.717) is 22.6 Å². The third-order valence-electron chi connectivity index (χ3n) is 4.32. The van der Waals surface area contributed by atoms with Crippen molar-refractivity contribution in [3.8, 4) is 17.0 Å². The minimum atomic E-state index is -0.476. The molecular formula is C20H22N2O5S. The maximum absolute atomic E-state index is 12.3. The molecule has 0 bridgehead atoms. The lowest BCUT2D eigenvalue weighted by Crippen LogP contribution is -2.43. The molecule has 1 aromatic carbocycles. The fourth-order valence-corrected chi connectivity index (χ4v) is 3.28. The molecule has 0 fully saturated rings. The Hall–Kier alpha value is -2.71. The van der Waals surface area contributed by atoms with Crippen molar-refractivity contribution >= 4 is 28.2 Å². The average molecular weight is 402 g/mol. The second-order valence-corrected chi connectivity index (χ2v) is 7.85. The highest BCUT2D eigenvalue weighted by molar-refractivity contribution is 7.09. The van der Waals surface area contributed by atoms with Crippen LogP contribution in [0.15, 0.2) is 38.9 Å². The van der Waals surface area contributed by atoms with Crippen LogP contribution in [0.4, 0.5) is 0 Å². The third kappa shape index (κ3) is 4.58. The summed E-state index contributed by atoms with van der Waals surface area (Å²) in [6.07, 6.45) is 0. The van der Waals surface area contributed by atoms with Crippen LogP contribution in [0.1, 0.15) is 18.9 Å². The third-order valence-corrected chi connectivity index (χ3v) is 5.09. The summed E-state index contributed by atoms with van der Waals surface area (Å²) in [4.78, 5) is 28.6. The molecule has 28 heavy (non-hydrogen) atoms. The van der Waals surface area contributed by atoms with E-state index in [2.05, 4.69) is 10.3 Å². The molecule has 0 spiro atoms. The van der Waals surface area contributed by atoms with Crippen LogP contribution in [0.25, 0.3) is 22.2 Å². The Morgan fingerprint density at radius 2 is 2.14 bits per heavy atom. The number of aryl methyl sites for hydroxylation is 1. The molecular weight excluding hydrogens is 380 g/mol. The second kappa shape index (κ2) is 8.53. The molecule has 8 heteroatoms. The van der Waals surface area contributed by atoms with Gasteiger partial charge in [0.2, 0.25) is 0 Å². The number of thiazole rings is 1. The van der Waals surface area contributed by atoms with Gasteiger partial charge >= 0.3 is 5.63 Å². The van der Waals surface area contributed by atoms with E-state index in [1.807, 2.05) is 26.2 Å². The molecule has 148 valence electrons. The summed E-state index contributed by atoms with van der Waals surface area (Å²) in [7, 11) is 0. The predicted molar refractivity (Wildman–Crippen MR) is 108 cm³/mol. The van der Waals surface area contributed by atoms with Crippen molar-refractivity contribution < 1.29 is 19.1 Å². The fraction of sp³-hybridized carbons (Fsp3) is 0.350. The molecule has 3 aromatic rings. The molecule has 2 N–H and O–H groups in total. The minimum Gasteiger partial charge on any atom is -0.484 e. The van der Waals surface area contributed by atoms with Crippen LogP contribution in [0.2, 0.25) is 0 Å². The van der Waals surface area contributed by atoms with Gasteiger partial charge in [0.1, 0.15) is 11.3 Å². The smallest absolute Gasteiger partial charge is 0.345 e. The Morgan fingerprint density at radius 3 is 2.79 bits per heavy atom. The number of nitrogens with zero attached hydrogens (tertiary/aromatic N) is 1. The number of ether oxygens (including phenoxy) is 1. The molecule has 2 heterocycles. The molecule has 0 radical (unpaired) electrons. The fourth-order valence-electron chi connectivity index (χ4n) is 2.67. The predicted octanol–water partition coefficient (Wildman–Crippen LogP) is 2.74. The maximum Gasteiger partial charge on any atom is 0.345 e.